The number of nitrogens with one attached hydrogen (secondary N) is 2. The number of piperazine rings is 1. The molecule has 3 saturated heterocycles. The largest absolute Gasteiger partial charge is 0.368 e. The fourth-order valence-electron chi connectivity index (χ4n) is 6.21. The first-order chi connectivity index (χ1) is 18.0. The molecule has 10 nitrogen and oxygen atoms in total. The molecule has 0 amide bonds. The molecule has 0 bridgehead atoms. The van der Waals surface area contributed by atoms with Gasteiger partial charge in [-0.15, -0.1) is 0 Å². The summed E-state index contributed by atoms with van der Waals surface area (Å²) in [5.74, 6) is -0.0796. The van der Waals surface area contributed by atoms with Gasteiger partial charge in [-0.05, 0) is 64.3 Å². The number of anilines is 4. The summed E-state index contributed by atoms with van der Waals surface area (Å²) < 4.78 is 39.7. The molecule has 1 aromatic heterocycles. The Balaban J connectivity index is 1.28. The summed E-state index contributed by atoms with van der Waals surface area (Å²) in [7, 11) is -3.23. The number of piperidine rings is 1. The number of rotatable bonds is 6. The highest BCUT2D eigenvalue weighted by Gasteiger charge is 2.43. The van der Waals surface area contributed by atoms with Gasteiger partial charge < -0.3 is 15.5 Å². The number of hydrogen-bond donors (Lipinski definition) is 2. The number of halogens is 1. The van der Waals surface area contributed by atoms with Gasteiger partial charge in [0.2, 0.25) is 16.0 Å². The molecule has 0 radical (unpaired) electrons. The van der Waals surface area contributed by atoms with Crippen LogP contribution >= 0.6 is 0 Å². The van der Waals surface area contributed by atoms with Crippen molar-refractivity contribution in [2.75, 3.05) is 54.5 Å². The minimum atomic E-state index is -3.23. The maximum atomic E-state index is 14.7. The second-order valence-electron chi connectivity index (χ2n) is 11.1. The van der Waals surface area contributed by atoms with E-state index >= 15 is 0 Å². The Morgan fingerprint density at radius 1 is 1.18 bits per heavy atom. The van der Waals surface area contributed by atoms with E-state index in [1.165, 1.54) is 23.4 Å². The molecule has 4 heterocycles. The molecule has 1 unspecified atom stereocenters. The van der Waals surface area contributed by atoms with Crippen molar-refractivity contribution in [3.8, 4) is 6.07 Å². The highest BCUT2D eigenvalue weighted by Crippen LogP contribution is 2.38. The first kappa shape index (κ1) is 26.6. The number of sulfonamides is 1. The fourth-order valence-corrected chi connectivity index (χ4v) is 7.04. The van der Waals surface area contributed by atoms with Crippen LogP contribution in [0.4, 0.5) is 27.5 Å². The molecule has 12 heteroatoms. The maximum absolute atomic E-state index is 14.7. The van der Waals surface area contributed by atoms with Crippen molar-refractivity contribution in [3.63, 3.8) is 0 Å². The monoisotopic (exact) mass is 542 g/mol. The maximum Gasteiger partial charge on any atom is 0.229 e. The first-order valence-corrected chi connectivity index (χ1v) is 15.0. The Morgan fingerprint density at radius 3 is 2.66 bits per heavy atom. The zero-order valence-corrected chi connectivity index (χ0v) is 22.9. The summed E-state index contributed by atoms with van der Waals surface area (Å²) in [6.07, 6.45) is 6.61. The van der Waals surface area contributed by atoms with E-state index in [4.69, 9.17) is 0 Å². The van der Waals surface area contributed by atoms with Gasteiger partial charge >= 0.3 is 0 Å². The Hall–Kier alpha value is -3.01. The van der Waals surface area contributed by atoms with Gasteiger partial charge in [0.15, 0.2) is 11.6 Å². The van der Waals surface area contributed by atoms with Crippen molar-refractivity contribution < 1.29 is 12.8 Å². The Morgan fingerprint density at radius 2 is 1.95 bits per heavy atom. The van der Waals surface area contributed by atoms with E-state index in [-0.39, 0.29) is 23.3 Å². The van der Waals surface area contributed by atoms with E-state index in [0.717, 1.165) is 31.3 Å². The zero-order valence-electron chi connectivity index (χ0n) is 22.1. The average Bonchev–Trinajstić information content (AvgIpc) is 3.35. The van der Waals surface area contributed by atoms with Gasteiger partial charge in [0, 0.05) is 49.5 Å². The molecular formula is C26H35FN8O2S. The normalized spacial score (nSPS) is 24.0. The summed E-state index contributed by atoms with van der Waals surface area (Å²) in [6.45, 7) is 7.39. The molecule has 5 rings (SSSR count). The summed E-state index contributed by atoms with van der Waals surface area (Å²) in [4.78, 5) is 13.1. The molecule has 3 aliphatic rings. The summed E-state index contributed by atoms with van der Waals surface area (Å²) in [6, 6.07) is 8.21. The minimum absolute atomic E-state index is 0.0501. The number of benzene rings is 1. The first-order valence-electron chi connectivity index (χ1n) is 13.1. The summed E-state index contributed by atoms with van der Waals surface area (Å²) in [5, 5.41) is 16.2. The lowest BCUT2D eigenvalue weighted by Crippen LogP contribution is -2.55. The van der Waals surface area contributed by atoms with Crippen molar-refractivity contribution in [2.24, 2.45) is 0 Å². The second-order valence-corrected chi connectivity index (χ2v) is 13.1. The van der Waals surface area contributed by atoms with E-state index in [2.05, 4.69) is 45.4 Å². The lowest BCUT2D eigenvalue weighted by Gasteiger charge is -2.47. The van der Waals surface area contributed by atoms with Crippen molar-refractivity contribution >= 4 is 33.2 Å². The summed E-state index contributed by atoms with van der Waals surface area (Å²) >= 11 is 0. The Labute approximate surface area is 223 Å². The molecule has 1 aromatic carbocycles. The second kappa shape index (κ2) is 10.3. The number of nitriles is 1. The topological polar surface area (TPSA) is 117 Å². The van der Waals surface area contributed by atoms with Crippen LogP contribution in [0.2, 0.25) is 0 Å². The standard InChI is InChI=1S/C26H35FN8O2S/c1-26(2)15-20(14-21-5-4-8-35(21)26)30-24-22(27)17-29-25(32-24)31-19-6-7-23(18(13-19)16-28)33-9-11-34(12-10-33)38(3,36)37/h6-7,13,17,20-21H,4-5,8-12,14-15H2,1-3H3,(H2,29,30,31,32)/t20?,21-/m0/s1. The van der Waals surface area contributed by atoms with Crippen molar-refractivity contribution in [1.82, 2.24) is 19.2 Å². The quantitative estimate of drug-likeness (QED) is 0.568. The van der Waals surface area contributed by atoms with Crippen LogP contribution in [0.15, 0.2) is 24.4 Å². The van der Waals surface area contributed by atoms with Crippen LogP contribution < -0.4 is 15.5 Å². The van der Waals surface area contributed by atoms with E-state index in [0.29, 0.717) is 43.5 Å². The molecule has 3 aliphatic heterocycles. The zero-order chi connectivity index (χ0) is 27.1. The smallest absolute Gasteiger partial charge is 0.229 e. The molecule has 0 spiro atoms. The number of hydrogen-bond acceptors (Lipinski definition) is 9. The minimum Gasteiger partial charge on any atom is -0.368 e. The van der Waals surface area contributed by atoms with E-state index < -0.39 is 15.8 Å². The Bertz CT molecular complexity index is 1340. The van der Waals surface area contributed by atoms with Gasteiger partial charge in [0.05, 0.1) is 23.7 Å². The molecule has 2 aromatic rings. The molecule has 38 heavy (non-hydrogen) atoms. The van der Waals surface area contributed by atoms with Crippen LogP contribution in [0.25, 0.3) is 0 Å². The predicted molar refractivity (Wildman–Crippen MR) is 146 cm³/mol. The van der Waals surface area contributed by atoms with Crippen LogP contribution in [-0.2, 0) is 10.0 Å². The summed E-state index contributed by atoms with van der Waals surface area (Å²) in [5.41, 5.74) is 1.86. The third-order valence-corrected chi connectivity index (χ3v) is 9.27. The molecule has 3 fully saturated rings. The van der Waals surface area contributed by atoms with Gasteiger partial charge in [-0.2, -0.15) is 14.6 Å². The van der Waals surface area contributed by atoms with Crippen LogP contribution in [0.1, 0.15) is 45.1 Å². The van der Waals surface area contributed by atoms with Crippen molar-refractivity contribution in [3.05, 3.63) is 35.8 Å². The van der Waals surface area contributed by atoms with Gasteiger partial charge in [0.1, 0.15) is 6.07 Å². The molecule has 2 N–H and O–H groups in total. The van der Waals surface area contributed by atoms with Crippen LogP contribution in [0.3, 0.4) is 0 Å². The highest BCUT2D eigenvalue weighted by atomic mass is 32.2. The van der Waals surface area contributed by atoms with Gasteiger partial charge in [-0.3, -0.25) is 4.90 Å². The third kappa shape index (κ3) is 5.55. The predicted octanol–water partition coefficient (Wildman–Crippen LogP) is 3.13. The fraction of sp³-hybridized carbons (Fsp3) is 0.577. The molecule has 204 valence electrons. The number of fused-ring (bicyclic) bond motifs is 1. The van der Waals surface area contributed by atoms with Gasteiger partial charge in [-0.25, -0.2) is 17.8 Å². The Kier molecular flexibility index (Phi) is 7.19. The molecule has 2 atom stereocenters. The molecule has 0 saturated carbocycles. The van der Waals surface area contributed by atoms with E-state index in [1.807, 2.05) is 17.0 Å². The molecule has 0 aliphatic carbocycles. The van der Waals surface area contributed by atoms with Crippen LogP contribution in [-0.4, -0.2) is 84.2 Å². The van der Waals surface area contributed by atoms with E-state index in [9.17, 15) is 18.1 Å². The van der Waals surface area contributed by atoms with E-state index in [1.54, 1.807) is 6.07 Å². The highest BCUT2D eigenvalue weighted by molar-refractivity contribution is 7.88. The average molecular weight is 543 g/mol. The van der Waals surface area contributed by atoms with Gasteiger partial charge in [-0.1, -0.05) is 0 Å². The third-order valence-electron chi connectivity index (χ3n) is 7.96. The SMILES string of the molecule is CC1(C)CC(Nc2nc(Nc3ccc(N4CCN(S(C)(=O)=O)CC4)c(C#N)c3)ncc2F)C[C@@H]2CCCN21. The lowest BCUT2D eigenvalue weighted by molar-refractivity contribution is 0.0500. The van der Waals surface area contributed by atoms with Gasteiger partial charge in [0.25, 0.3) is 0 Å². The van der Waals surface area contributed by atoms with Crippen LogP contribution in [0.5, 0.6) is 0 Å². The van der Waals surface area contributed by atoms with Crippen molar-refractivity contribution in [1.29, 1.82) is 5.26 Å². The molecular weight excluding hydrogens is 507 g/mol. The number of aromatic nitrogens is 2. The van der Waals surface area contributed by atoms with Crippen molar-refractivity contribution in [2.45, 2.75) is 57.2 Å². The van der Waals surface area contributed by atoms with Crippen LogP contribution in [0, 0.1) is 17.1 Å². The number of nitrogens with zero attached hydrogens (tertiary/aromatic N) is 6. The lowest BCUT2D eigenvalue weighted by atomic mass is 9.84.